The molecule has 0 aromatic heterocycles. The van der Waals surface area contributed by atoms with E-state index in [1.54, 1.807) is 4.31 Å². The number of nitrogens with zero attached hydrogens (tertiary/aromatic N) is 2. The number of carbonyl (C=O) groups excluding carboxylic acids is 1. The largest absolute Gasteiger partial charge is 0.342 e. The summed E-state index contributed by atoms with van der Waals surface area (Å²) < 4.78 is 28.4. The monoisotopic (exact) mass is 406 g/mol. The van der Waals surface area contributed by atoms with Crippen LogP contribution in [0.3, 0.4) is 0 Å². The fourth-order valence-corrected chi connectivity index (χ4v) is 6.73. The van der Waals surface area contributed by atoms with Gasteiger partial charge in [0.05, 0.1) is 4.90 Å². The third-order valence-electron chi connectivity index (χ3n) is 6.67. The Hall–Kier alpha value is -1.40. The molecule has 0 saturated carbocycles. The van der Waals surface area contributed by atoms with E-state index in [0.29, 0.717) is 36.7 Å². The Labute approximate surface area is 170 Å². The average Bonchev–Trinajstić information content (AvgIpc) is 2.66. The third-order valence-corrected chi connectivity index (χ3v) is 8.84. The number of likely N-dealkylation sites (tertiary alicyclic amines) is 1. The summed E-state index contributed by atoms with van der Waals surface area (Å²) in [4.78, 5) is 15.3. The van der Waals surface area contributed by atoms with Crippen molar-refractivity contribution in [3.8, 4) is 0 Å². The van der Waals surface area contributed by atoms with Crippen LogP contribution in [0, 0.1) is 39.5 Å². The maximum Gasteiger partial charge on any atom is 0.243 e. The standard InChI is InChI=1S/C22H34N2O3S/c1-15-7-6-10-23(14-15)22(25)20-8-11-24(12-9-20)28(26,27)21-18(4)16(2)13-17(3)19(21)5/h13,15,20H,6-12,14H2,1-5H3/t15-/m0/s1. The minimum atomic E-state index is -3.54. The molecule has 0 spiro atoms. The van der Waals surface area contributed by atoms with Gasteiger partial charge in [0.1, 0.15) is 0 Å². The zero-order valence-corrected chi connectivity index (χ0v) is 18.7. The number of hydrogen-bond donors (Lipinski definition) is 0. The van der Waals surface area contributed by atoms with Gasteiger partial charge in [-0.2, -0.15) is 4.31 Å². The molecule has 0 N–H and O–H groups in total. The number of aryl methyl sites for hydroxylation is 2. The van der Waals surface area contributed by atoms with E-state index in [9.17, 15) is 13.2 Å². The Morgan fingerprint density at radius 1 is 0.964 bits per heavy atom. The van der Waals surface area contributed by atoms with E-state index >= 15 is 0 Å². The number of benzene rings is 1. The van der Waals surface area contributed by atoms with Gasteiger partial charge >= 0.3 is 0 Å². The van der Waals surface area contributed by atoms with Crippen molar-refractivity contribution in [3.05, 3.63) is 28.3 Å². The van der Waals surface area contributed by atoms with Crippen LogP contribution in [0.15, 0.2) is 11.0 Å². The van der Waals surface area contributed by atoms with Crippen LogP contribution >= 0.6 is 0 Å². The third kappa shape index (κ3) is 3.99. The number of amides is 1. The van der Waals surface area contributed by atoms with Gasteiger partial charge < -0.3 is 4.90 Å². The normalized spacial score (nSPS) is 22.5. The van der Waals surface area contributed by atoms with Gasteiger partial charge in [-0.25, -0.2) is 8.42 Å². The minimum Gasteiger partial charge on any atom is -0.342 e. The molecule has 0 bridgehead atoms. The van der Waals surface area contributed by atoms with Crippen LogP contribution in [-0.4, -0.2) is 49.7 Å². The number of carbonyl (C=O) groups is 1. The first-order valence-corrected chi connectivity index (χ1v) is 11.9. The quantitative estimate of drug-likeness (QED) is 0.771. The molecular weight excluding hydrogens is 372 g/mol. The van der Waals surface area contributed by atoms with E-state index in [-0.39, 0.29) is 11.8 Å². The predicted molar refractivity (Wildman–Crippen MR) is 112 cm³/mol. The maximum atomic E-state index is 13.4. The molecule has 2 aliphatic rings. The predicted octanol–water partition coefficient (Wildman–Crippen LogP) is 3.58. The molecule has 3 rings (SSSR count). The average molecular weight is 407 g/mol. The SMILES string of the molecule is Cc1cc(C)c(C)c(S(=O)(=O)N2CCC(C(=O)N3CCC[C@H](C)C3)CC2)c1C. The van der Waals surface area contributed by atoms with Gasteiger partial charge in [-0.05, 0) is 81.5 Å². The summed E-state index contributed by atoms with van der Waals surface area (Å²) in [7, 11) is -3.54. The van der Waals surface area contributed by atoms with Crippen LogP contribution < -0.4 is 0 Å². The Morgan fingerprint density at radius 2 is 1.54 bits per heavy atom. The van der Waals surface area contributed by atoms with Gasteiger partial charge in [0.25, 0.3) is 0 Å². The number of piperidine rings is 2. The summed E-state index contributed by atoms with van der Waals surface area (Å²) in [5, 5.41) is 0. The van der Waals surface area contributed by atoms with E-state index in [2.05, 4.69) is 6.92 Å². The van der Waals surface area contributed by atoms with Gasteiger partial charge in [0, 0.05) is 32.1 Å². The first-order chi connectivity index (χ1) is 13.1. The van der Waals surface area contributed by atoms with Gasteiger partial charge in [-0.15, -0.1) is 0 Å². The smallest absolute Gasteiger partial charge is 0.243 e. The summed E-state index contributed by atoms with van der Waals surface area (Å²) in [6.45, 7) is 12.5. The lowest BCUT2D eigenvalue weighted by Crippen LogP contribution is -2.47. The van der Waals surface area contributed by atoms with E-state index in [1.807, 2.05) is 38.7 Å². The molecule has 1 amide bonds. The summed E-state index contributed by atoms with van der Waals surface area (Å²) in [5.74, 6) is 0.745. The van der Waals surface area contributed by atoms with E-state index in [4.69, 9.17) is 0 Å². The molecule has 0 aliphatic carbocycles. The molecule has 0 unspecified atom stereocenters. The minimum absolute atomic E-state index is 0.0433. The van der Waals surface area contributed by atoms with Crippen molar-refractivity contribution in [1.29, 1.82) is 0 Å². The van der Waals surface area contributed by atoms with Crippen molar-refractivity contribution >= 4 is 15.9 Å². The van der Waals surface area contributed by atoms with Crippen molar-refractivity contribution in [2.24, 2.45) is 11.8 Å². The Balaban J connectivity index is 1.73. The molecule has 0 radical (unpaired) electrons. The van der Waals surface area contributed by atoms with Gasteiger partial charge in [-0.1, -0.05) is 13.0 Å². The molecule has 2 aliphatic heterocycles. The van der Waals surface area contributed by atoms with E-state index < -0.39 is 10.0 Å². The molecule has 1 aromatic rings. The summed E-state index contributed by atoms with van der Waals surface area (Å²) in [6.07, 6.45) is 3.50. The molecule has 5 nitrogen and oxygen atoms in total. The van der Waals surface area contributed by atoms with Crippen molar-refractivity contribution in [1.82, 2.24) is 9.21 Å². The second-order valence-electron chi connectivity index (χ2n) is 8.80. The zero-order chi connectivity index (χ0) is 20.6. The molecule has 2 heterocycles. The number of hydrogen-bond acceptors (Lipinski definition) is 3. The Morgan fingerprint density at radius 3 is 2.07 bits per heavy atom. The van der Waals surface area contributed by atoms with Gasteiger partial charge in [0.2, 0.25) is 15.9 Å². The fourth-order valence-electron chi connectivity index (χ4n) is 4.69. The molecule has 1 aromatic carbocycles. The van der Waals surface area contributed by atoms with Crippen LogP contribution in [-0.2, 0) is 14.8 Å². The Kier molecular flexibility index (Phi) is 6.20. The van der Waals surface area contributed by atoms with Gasteiger partial charge in [-0.3, -0.25) is 4.79 Å². The molecule has 2 saturated heterocycles. The summed E-state index contributed by atoms with van der Waals surface area (Å²) >= 11 is 0. The lowest BCUT2D eigenvalue weighted by atomic mass is 9.93. The topological polar surface area (TPSA) is 57.7 Å². The van der Waals surface area contributed by atoms with Crippen molar-refractivity contribution in [3.63, 3.8) is 0 Å². The lowest BCUT2D eigenvalue weighted by Gasteiger charge is -2.37. The zero-order valence-electron chi connectivity index (χ0n) is 17.9. The molecule has 2 fully saturated rings. The summed E-state index contributed by atoms with van der Waals surface area (Å²) in [5.41, 5.74) is 3.68. The number of rotatable bonds is 3. The highest BCUT2D eigenvalue weighted by Crippen LogP contribution is 2.32. The first-order valence-electron chi connectivity index (χ1n) is 10.5. The van der Waals surface area contributed by atoms with E-state index in [1.165, 1.54) is 6.42 Å². The van der Waals surface area contributed by atoms with Crippen LogP contribution in [0.25, 0.3) is 0 Å². The second-order valence-corrected chi connectivity index (χ2v) is 10.7. The van der Waals surface area contributed by atoms with Crippen molar-refractivity contribution in [2.45, 2.75) is 65.2 Å². The van der Waals surface area contributed by atoms with Crippen LogP contribution in [0.5, 0.6) is 0 Å². The van der Waals surface area contributed by atoms with Crippen LogP contribution in [0.1, 0.15) is 54.9 Å². The molecule has 6 heteroatoms. The van der Waals surface area contributed by atoms with Gasteiger partial charge in [0.15, 0.2) is 0 Å². The summed E-state index contributed by atoms with van der Waals surface area (Å²) in [6, 6.07) is 2.05. The van der Waals surface area contributed by atoms with Crippen LogP contribution in [0.4, 0.5) is 0 Å². The second kappa shape index (κ2) is 8.15. The van der Waals surface area contributed by atoms with Crippen molar-refractivity contribution < 1.29 is 13.2 Å². The number of sulfonamides is 1. The highest BCUT2D eigenvalue weighted by Gasteiger charge is 2.36. The molecule has 1 atom stereocenters. The Bertz CT molecular complexity index is 829. The highest BCUT2D eigenvalue weighted by molar-refractivity contribution is 7.89. The molecular formula is C22H34N2O3S. The lowest BCUT2D eigenvalue weighted by molar-refractivity contribution is -0.138. The van der Waals surface area contributed by atoms with E-state index in [0.717, 1.165) is 41.8 Å². The fraction of sp³-hybridized carbons (Fsp3) is 0.682. The maximum absolute atomic E-state index is 13.4. The molecule has 28 heavy (non-hydrogen) atoms. The van der Waals surface area contributed by atoms with Crippen LogP contribution in [0.2, 0.25) is 0 Å². The van der Waals surface area contributed by atoms with Crippen molar-refractivity contribution in [2.75, 3.05) is 26.2 Å². The first kappa shape index (κ1) is 21.3. The molecule has 156 valence electrons. The highest BCUT2D eigenvalue weighted by atomic mass is 32.2.